The van der Waals surface area contributed by atoms with E-state index in [1.54, 1.807) is 6.20 Å². The summed E-state index contributed by atoms with van der Waals surface area (Å²) >= 11 is 0. The average Bonchev–Trinajstić information content (AvgIpc) is 2.79. The molecule has 4 nitrogen and oxygen atoms in total. The number of hydrogen-bond acceptors (Lipinski definition) is 3. The molecule has 1 aliphatic heterocycles. The van der Waals surface area contributed by atoms with Crippen LogP contribution in [0.15, 0.2) is 36.5 Å². The number of fused-ring (bicyclic) bond motifs is 1. The van der Waals surface area contributed by atoms with Crippen molar-refractivity contribution in [1.29, 1.82) is 0 Å². The molecule has 1 aliphatic rings. The van der Waals surface area contributed by atoms with Crippen molar-refractivity contribution < 1.29 is 4.79 Å². The standard InChI is InChI=1S/C14H15N3O/c1-15-13-6-8-17(14(13)18)11-4-5-12-10(9-11)3-2-7-16-12/h2-5,7,9,13,15H,6,8H2,1H3. The predicted molar refractivity (Wildman–Crippen MR) is 71.6 cm³/mol. The summed E-state index contributed by atoms with van der Waals surface area (Å²) in [6.45, 7) is 0.774. The maximum atomic E-state index is 12.1. The molecule has 0 aliphatic carbocycles. The van der Waals surface area contributed by atoms with E-state index in [4.69, 9.17) is 0 Å². The Kier molecular flexibility index (Phi) is 2.72. The van der Waals surface area contributed by atoms with Crippen LogP contribution < -0.4 is 10.2 Å². The number of pyridine rings is 1. The molecule has 1 amide bonds. The minimum atomic E-state index is -0.0467. The molecule has 1 unspecified atom stereocenters. The van der Waals surface area contributed by atoms with Crippen LogP contribution in [0.3, 0.4) is 0 Å². The summed E-state index contributed by atoms with van der Waals surface area (Å²) < 4.78 is 0. The number of anilines is 1. The Balaban J connectivity index is 1.98. The van der Waals surface area contributed by atoms with Crippen LogP contribution in [0, 0.1) is 0 Å². The van der Waals surface area contributed by atoms with Crippen LogP contribution >= 0.6 is 0 Å². The molecule has 92 valence electrons. The fraction of sp³-hybridized carbons (Fsp3) is 0.286. The van der Waals surface area contributed by atoms with E-state index in [0.717, 1.165) is 29.6 Å². The van der Waals surface area contributed by atoms with Crippen molar-refractivity contribution in [2.45, 2.75) is 12.5 Å². The second-order valence-corrected chi connectivity index (χ2v) is 4.50. The first-order chi connectivity index (χ1) is 8.79. The molecule has 2 aromatic rings. The highest BCUT2D eigenvalue weighted by Crippen LogP contribution is 2.24. The number of aromatic nitrogens is 1. The second-order valence-electron chi connectivity index (χ2n) is 4.50. The van der Waals surface area contributed by atoms with Gasteiger partial charge in [-0.05, 0) is 37.7 Å². The lowest BCUT2D eigenvalue weighted by molar-refractivity contribution is -0.118. The molecule has 1 N–H and O–H groups in total. The molecule has 18 heavy (non-hydrogen) atoms. The normalized spacial score (nSPS) is 19.7. The molecule has 1 fully saturated rings. The fourth-order valence-corrected chi connectivity index (χ4v) is 2.44. The first kappa shape index (κ1) is 11.2. The van der Waals surface area contributed by atoms with E-state index in [1.807, 2.05) is 42.3 Å². The summed E-state index contributed by atoms with van der Waals surface area (Å²) in [4.78, 5) is 18.2. The molecule has 0 bridgehead atoms. The number of carbonyl (C=O) groups excluding carboxylic acids is 1. The lowest BCUT2D eigenvalue weighted by Crippen LogP contribution is -2.36. The van der Waals surface area contributed by atoms with Crippen LogP contribution in [0.5, 0.6) is 0 Å². The minimum absolute atomic E-state index is 0.0467. The predicted octanol–water partition coefficient (Wildman–Crippen LogP) is 1.56. The van der Waals surface area contributed by atoms with Crippen LogP contribution in [0.25, 0.3) is 10.9 Å². The van der Waals surface area contributed by atoms with Gasteiger partial charge in [0.2, 0.25) is 5.91 Å². The zero-order valence-corrected chi connectivity index (χ0v) is 10.3. The van der Waals surface area contributed by atoms with E-state index >= 15 is 0 Å². The van der Waals surface area contributed by atoms with Crippen molar-refractivity contribution in [3.63, 3.8) is 0 Å². The lowest BCUT2D eigenvalue weighted by Gasteiger charge is -2.17. The van der Waals surface area contributed by atoms with E-state index in [9.17, 15) is 4.79 Å². The number of likely N-dealkylation sites (N-methyl/N-ethyl adjacent to an activating group) is 1. The largest absolute Gasteiger partial charge is 0.311 e. The Labute approximate surface area is 106 Å². The van der Waals surface area contributed by atoms with Crippen LogP contribution in [0.2, 0.25) is 0 Å². The van der Waals surface area contributed by atoms with Gasteiger partial charge in [-0.3, -0.25) is 9.78 Å². The third kappa shape index (κ3) is 1.75. The van der Waals surface area contributed by atoms with Crippen LogP contribution in [0.1, 0.15) is 6.42 Å². The molecule has 0 saturated carbocycles. The van der Waals surface area contributed by atoms with Gasteiger partial charge in [0.05, 0.1) is 11.6 Å². The van der Waals surface area contributed by atoms with Gasteiger partial charge in [0.15, 0.2) is 0 Å². The smallest absolute Gasteiger partial charge is 0.244 e. The molecule has 3 rings (SSSR count). The van der Waals surface area contributed by atoms with Gasteiger partial charge in [-0.25, -0.2) is 0 Å². The highest BCUT2D eigenvalue weighted by Gasteiger charge is 2.31. The molecular formula is C14H15N3O. The zero-order valence-electron chi connectivity index (χ0n) is 10.3. The average molecular weight is 241 g/mol. The molecular weight excluding hydrogens is 226 g/mol. The topological polar surface area (TPSA) is 45.2 Å². The van der Waals surface area contributed by atoms with Crippen LogP contribution in [-0.4, -0.2) is 30.5 Å². The number of hydrogen-bond donors (Lipinski definition) is 1. The molecule has 0 radical (unpaired) electrons. The molecule has 2 heterocycles. The quantitative estimate of drug-likeness (QED) is 0.868. The number of carbonyl (C=O) groups is 1. The van der Waals surface area contributed by atoms with Crippen molar-refractivity contribution >= 4 is 22.5 Å². The highest BCUT2D eigenvalue weighted by molar-refractivity contribution is 6.00. The van der Waals surface area contributed by atoms with Crippen molar-refractivity contribution in [3.8, 4) is 0 Å². The van der Waals surface area contributed by atoms with Gasteiger partial charge in [-0.2, -0.15) is 0 Å². The summed E-state index contributed by atoms with van der Waals surface area (Å²) in [5.74, 6) is 0.153. The monoisotopic (exact) mass is 241 g/mol. The highest BCUT2D eigenvalue weighted by atomic mass is 16.2. The first-order valence-corrected chi connectivity index (χ1v) is 6.13. The Morgan fingerprint density at radius 3 is 3.06 bits per heavy atom. The Bertz CT molecular complexity index is 596. The summed E-state index contributed by atoms with van der Waals surface area (Å²) in [6, 6.07) is 9.83. The van der Waals surface area contributed by atoms with Crippen LogP contribution in [0.4, 0.5) is 5.69 Å². The van der Waals surface area contributed by atoms with Gasteiger partial charge < -0.3 is 10.2 Å². The Morgan fingerprint density at radius 2 is 2.28 bits per heavy atom. The third-order valence-corrected chi connectivity index (χ3v) is 3.45. The van der Waals surface area contributed by atoms with Gasteiger partial charge in [-0.1, -0.05) is 6.07 Å². The molecule has 1 saturated heterocycles. The summed E-state index contributed by atoms with van der Waals surface area (Å²) in [6.07, 6.45) is 2.64. The number of amides is 1. The number of rotatable bonds is 2. The fourth-order valence-electron chi connectivity index (χ4n) is 2.44. The Hall–Kier alpha value is -1.94. The van der Waals surface area contributed by atoms with Crippen molar-refractivity contribution in [3.05, 3.63) is 36.5 Å². The van der Waals surface area contributed by atoms with Gasteiger partial charge in [0.1, 0.15) is 0 Å². The Morgan fingerprint density at radius 1 is 1.39 bits per heavy atom. The first-order valence-electron chi connectivity index (χ1n) is 6.13. The minimum Gasteiger partial charge on any atom is -0.311 e. The maximum Gasteiger partial charge on any atom is 0.244 e. The summed E-state index contributed by atoms with van der Waals surface area (Å²) in [7, 11) is 1.83. The van der Waals surface area contributed by atoms with Crippen molar-refractivity contribution in [2.24, 2.45) is 0 Å². The van der Waals surface area contributed by atoms with E-state index < -0.39 is 0 Å². The molecule has 1 atom stereocenters. The molecule has 1 aromatic carbocycles. The number of nitrogens with zero attached hydrogens (tertiary/aromatic N) is 2. The van der Waals surface area contributed by atoms with E-state index in [1.165, 1.54) is 0 Å². The zero-order chi connectivity index (χ0) is 12.5. The van der Waals surface area contributed by atoms with Crippen molar-refractivity contribution in [1.82, 2.24) is 10.3 Å². The lowest BCUT2D eigenvalue weighted by atomic mass is 10.2. The van der Waals surface area contributed by atoms with E-state index in [-0.39, 0.29) is 11.9 Å². The van der Waals surface area contributed by atoms with Gasteiger partial charge in [0.25, 0.3) is 0 Å². The van der Waals surface area contributed by atoms with E-state index in [0.29, 0.717) is 0 Å². The second kappa shape index (κ2) is 4.38. The number of nitrogens with one attached hydrogen (secondary N) is 1. The van der Waals surface area contributed by atoms with Gasteiger partial charge in [-0.15, -0.1) is 0 Å². The molecule has 0 spiro atoms. The molecule has 1 aromatic heterocycles. The maximum absolute atomic E-state index is 12.1. The van der Waals surface area contributed by atoms with Crippen LogP contribution in [-0.2, 0) is 4.79 Å². The SMILES string of the molecule is CNC1CCN(c2ccc3ncccc3c2)C1=O. The summed E-state index contributed by atoms with van der Waals surface area (Å²) in [5.41, 5.74) is 1.91. The van der Waals surface area contributed by atoms with Gasteiger partial charge >= 0.3 is 0 Å². The number of benzene rings is 1. The summed E-state index contributed by atoms with van der Waals surface area (Å²) in [5, 5.41) is 4.11. The van der Waals surface area contributed by atoms with Gasteiger partial charge in [0, 0.05) is 23.8 Å². The van der Waals surface area contributed by atoms with E-state index in [2.05, 4.69) is 10.3 Å². The third-order valence-electron chi connectivity index (χ3n) is 3.45. The van der Waals surface area contributed by atoms with Crippen molar-refractivity contribution in [2.75, 3.05) is 18.5 Å². The molecule has 4 heteroatoms.